The zero-order chi connectivity index (χ0) is 13.2. The largest absolute Gasteiger partial charge is 0.374 e. The molecular weight excluding hydrogens is 220 g/mol. The molecule has 1 aromatic rings. The summed E-state index contributed by atoms with van der Waals surface area (Å²) in [6, 6.07) is 6.77. The minimum absolute atomic E-state index is 0.354. The molecule has 2 nitrogen and oxygen atoms in total. The zero-order valence-electron chi connectivity index (χ0n) is 12.0. The molecule has 0 spiro atoms. The molecule has 0 unspecified atom stereocenters. The van der Waals surface area contributed by atoms with Gasteiger partial charge in [-0.1, -0.05) is 18.9 Å². The van der Waals surface area contributed by atoms with E-state index in [0.717, 1.165) is 13.1 Å². The van der Waals surface area contributed by atoms with Crippen LogP contribution in [0, 0.1) is 19.3 Å². The van der Waals surface area contributed by atoms with Gasteiger partial charge in [0.2, 0.25) is 0 Å². The average molecular weight is 246 g/mol. The van der Waals surface area contributed by atoms with Crippen LogP contribution in [-0.4, -0.2) is 20.1 Å². The fourth-order valence-corrected chi connectivity index (χ4v) is 3.32. The number of nitrogens with zero attached hydrogens (tertiary/aromatic N) is 1. The predicted octanol–water partition coefficient (Wildman–Crippen LogP) is 3.26. The van der Waals surface area contributed by atoms with Gasteiger partial charge in [0.15, 0.2) is 0 Å². The van der Waals surface area contributed by atoms with Crippen LogP contribution in [0.5, 0.6) is 0 Å². The summed E-state index contributed by atoms with van der Waals surface area (Å²) in [4.78, 5) is 2.39. The number of nitrogens with two attached hydrogens (primary N) is 1. The van der Waals surface area contributed by atoms with E-state index >= 15 is 0 Å². The second-order valence-corrected chi connectivity index (χ2v) is 6.11. The third kappa shape index (κ3) is 2.86. The van der Waals surface area contributed by atoms with Gasteiger partial charge in [-0.05, 0) is 56.5 Å². The first kappa shape index (κ1) is 13.4. The molecule has 2 rings (SSSR count). The minimum atomic E-state index is 0.354. The molecular formula is C16H26N2. The summed E-state index contributed by atoms with van der Waals surface area (Å²) in [6.07, 6.45) is 5.27. The second kappa shape index (κ2) is 5.31. The van der Waals surface area contributed by atoms with Crippen molar-refractivity contribution >= 4 is 5.69 Å². The Hall–Kier alpha value is -1.02. The Bertz CT molecular complexity index is 385. The van der Waals surface area contributed by atoms with E-state index in [-0.39, 0.29) is 0 Å². The SMILES string of the molecule is Cc1cc(C)cc(N(C)CC2(CN)CCCC2)c1. The van der Waals surface area contributed by atoms with Gasteiger partial charge in [0, 0.05) is 24.7 Å². The quantitative estimate of drug-likeness (QED) is 0.883. The van der Waals surface area contributed by atoms with Crippen molar-refractivity contribution in [2.24, 2.45) is 11.1 Å². The Morgan fingerprint density at radius 2 is 1.67 bits per heavy atom. The molecule has 0 amide bonds. The fraction of sp³-hybridized carbons (Fsp3) is 0.625. The molecule has 0 radical (unpaired) electrons. The Labute approximate surface area is 111 Å². The van der Waals surface area contributed by atoms with Crippen molar-refractivity contribution < 1.29 is 0 Å². The summed E-state index contributed by atoms with van der Waals surface area (Å²) in [5.41, 5.74) is 10.4. The van der Waals surface area contributed by atoms with Crippen LogP contribution in [0.15, 0.2) is 18.2 Å². The Morgan fingerprint density at radius 3 is 2.17 bits per heavy atom. The van der Waals surface area contributed by atoms with E-state index in [1.165, 1.54) is 42.5 Å². The summed E-state index contributed by atoms with van der Waals surface area (Å²) >= 11 is 0. The van der Waals surface area contributed by atoms with Crippen LogP contribution in [0.2, 0.25) is 0 Å². The highest BCUT2D eigenvalue weighted by Crippen LogP contribution is 2.38. The van der Waals surface area contributed by atoms with Crippen LogP contribution >= 0.6 is 0 Å². The summed E-state index contributed by atoms with van der Waals surface area (Å²) < 4.78 is 0. The third-order valence-electron chi connectivity index (χ3n) is 4.32. The Morgan fingerprint density at radius 1 is 1.11 bits per heavy atom. The van der Waals surface area contributed by atoms with Crippen LogP contribution in [0.25, 0.3) is 0 Å². The summed E-state index contributed by atoms with van der Waals surface area (Å²) in [5.74, 6) is 0. The smallest absolute Gasteiger partial charge is 0.0369 e. The van der Waals surface area contributed by atoms with Crippen molar-refractivity contribution in [2.45, 2.75) is 39.5 Å². The molecule has 1 aliphatic carbocycles. The summed E-state index contributed by atoms with van der Waals surface area (Å²) in [7, 11) is 2.20. The summed E-state index contributed by atoms with van der Waals surface area (Å²) in [5, 5.41) is 0. The predicted molar refractivity (Wildman–Crippen MR) is 79.1 cm³/mol. The normalized spacial score (nSPS) is 18.0. The standard InChI is InChI=1S/C16H26N2/c1-13-8-14(2)10-15(9-13)18(3)12-16(11-17)6-4-5-7-16/h8-10H,4-7,11-12,17H2,1-3H3. The maximum atomic E-state index is 6.03. The number of rotatable bonds is 4. The first-order valence-electron chi connectivity index (χ1n) is 7.04. The van der Waals surface area contributed by atoms with Crippen LogP contribution in [0.4, 0.5) is 5.69 Å². The van der Waals surface area contributed by atoms with E-state index in [9.17, 15) is 0 Å². The van der Waals surface area contributed by atoms with Gasteiger partial charge in [-0.25, -0.2) is 0 Å². The van der Waals surface area contributed by atoms with Gasteiger partial charge in [0.05, 0.1) is 0 Å². The molecule has 2 N–H and O–H groups in total. The van der Waals surface area contributed by atoms with E-state index < -0.39 is 0 Å². The van der Waals surface area contributed by atoms with Gasteiger partial charge in [0.1, 0.15) is 0 Å². The maximum absolute atomic E-state index is 6.03. The molecule has 0 atom stereocenters. The lowest BCUT2D eigenvalue weighted by Crippen LogP contribution is -2.39. The van der Waals surface area contributed by atoms with Crippen molar-refractivity contribution in [2.75, 3.05) is 25.0 Å². The molecule has 100 valence electrons. The van der Waals surface area contributed by atoms with E-state index in [1.807, 2.05) is 0 Å². The molecule has 1 aliphatic rings. The molecule has 1 aromatic carbocycles. The third-order valence-corrected chi connectivity index (χ3v) is 4.32. The molecule has 0 bridgehead atoms. The molecule has 18 heavy (non-hydrogen) atoms. The van der Waals surface area contributed by atoms with Gasteiger partial charge in [-0.15, -0.1) is 0 Å². The molecule has 1 fully saturated rings. The topological polar surface area (TPSA) is 29.3 Å². The van der Waals surface area contributed by atoms with E-state index in [0.29, 0.717) is 5.41 Å². The number of aryl methyl sites for hydroxylation is 2. The Kier molecular flexibility index (Phi) is 3.96. The van der Waals surface area contributed by atoms with Crippen molar-refractivity contribution in [1.82, 2.24) is 0 Å². The van der Waals surface area contributed by atoms with Crippen LogP contribution in [0.1, 0.15) is 36.8 Å². The lowest BCUT2D eigenvalue weighted by molar-refractivity contribution is 0.316. The van der Waals surface area contributed by atoms with Crippen LogP contribution in [-0.2, 0) is 0 Å². The average Bonchev–Trinajstić information content (AvgIpc) is 2.77. The fourth-order valence-electron chi connectivity index (χ4n) is 3.32. The molecule has 1 saturated carbocycles. The van der Waals surface area contributed by atoms with Crippen LogP contribution < -0.4 is 10.6 Å². The van der Waals surface area contributed by atoms with E-state index in [4.69, 9.17) is 5.73 Å². The van der Waals surface area contributed by atoms with Gasteiger partial charge in [-0.3, -0.25) is 0 Å². The highest BCUT2D eigenvalue weighted by Gasteiger charge is 2.33. The minimum Gasteiger partial charge on any atom is -0.374 e. The molecule has 2 heteroatoms. The van der Waals surface area contributed by atoms with Gasteiger partial charge in [0.25, 0.3) is 0 Å². The second-order valence-electron chi connectivity index (χ2n) is 6.11. The highest BCUT2D eigenvalue weighted by molar-refractivity contribution is 5.50. The monoisotopic (exact) mass is 246 g/mol. The van der Waals surface area contributed by atoms with Gasteiger partial charge < -0.3 is 10.6 Å². The van der Waals surface area contributed by atoms with Crippen LogP contribution in [0.3, 0.4) is 0 Å². The first-order chi connectivity index (χ1) is 8.54. The van der Waals surface area contributed by atoms with Crippen molar-refractivity contribution in [1.29, 1.82) is 0 Å². The number of hydrogen-bond acceptors (Lipinski definition) is 2. The van der Waals surface area contributed by atoms with E-state index in [1.54, 1.807) is 0 Å². The van der Waals surface area contributed by atoms with Gasteiger partial charge >= 0.3 is 0 Å². The number of hydrogen-bond donors (Lipinski definition) is 1. The van der Waals surface area contributed by atoms with Gasteiger partial charge in [-0.2, -0.15) is 0 Å². The molecule has 0 saturated heterocycles. The first-order valence-corrected chi connectivity index (χ1v) is 7.04. The molecule has 0 aliphatic heterocycles. The number of anilines is 1. The van der Waals surface area contributed by atoms with E-state index in [2.05, 4.69) is 44.0 Å². The van der Waals surface area contributed by atoms with Crippen molar-refractivity contribution in [3.63, 3.8) is 0 Å². The lowest BCUT2D eigenvalue weighted by atomic mass is 9.85. The van der Waals surface area contributed by atoms with Crippen molar-refractivity contribution in [3.8, 4) is 0 Å². The van der Waals surface area contributed by atoms with Crippen molar-refractivity contribution in [3.05, 3.63) is 29.3 Å². The highest BCUT2D eigenvalue weighted by atomic mass is 15.1. The Balaban J connectivity index is 2.13. The lowest BCUT2D eigenvalue weighted by Gasteiger charge is -2.34. The molecule has 0 aromatic heterocycles. The zero-order valence-corrected chi connectivity index (χ0v) is 12.0. The number of benzene rings is 1. The molecule has 0 heterocycles. The maximum Gasteiger partial charge on any atom is 0.0369 e. The summed E-state index contributed by atoms with van der Waals surface area (Å²) in [6.45, 7) is 6.24.